The van der Waals surface area contributed by atoms with Gasteiger partial charge in [-0.2, -0.15) is 0 Å². The van der Waals surface area contributed by atoms with Gasteiger partial charge in [-0.25, -0.2) is 0 Å². The number of hydrogen-bond acceptors (Lipinski definition) is 5. The molecule has 2 aliphatic carbocycles. The van der Waals surface area contributed by atoms with Gasteiger partial charge >= 0.3 is 5.97 Å². The number of methoxy groups -OCH3 is 1. The van der Waals surface area contributed by atoms with Gasteiger partial charge < -0.3 is 14.6 Å². The van der Waals surface area contributed by atoms with Crippen LogP contribution in [0.3, 0.4) is 0 Å². The van der Waals surface area contributed by atoms with Crippen molar-refractivity contribution in [2.45, 2.75) is 30.8 Å². The summed E-state index contributed by atoms with van der Waals surface area (Å²) in [4.78, 5) is 26.4. The summed E-state index contributed by atoms with van der Waals surface area (Å²) in [5.74, 6) is -1.31. The van der Waals surface area contributed by atoms with E-state index in [0.29, 0.717) is 18.6 Å². The summed E-state index contributed by atoms with van der Waals surface area (Å²) in [7, 11) is 1.51. The van der Waals surface area contributed by atoms with Crippen LogP contribution in [0.5, 0.6) is 0 Å². The van der Waals surface area contributed by atoms with Crippen molar-refractivity contribution in [2.24, 2.45) is 17.3 Å². The fraction of sp³-hybridized carbons (Fsp3) is 0.500. The van der Waals surface area contributed by atoms with E-state index in [0.717, 1.165) is 10.5 Å². The van der Waals surface area contributed by atoms with Crippen molar-refractivity contribution >= 4 is 23.5 Å². The third kappa shape index (κ3) is 3.46. The Balaban J connectivity index is 1.94. The molecule has 140 valence electrons. The Bertz CT molecular complexity index is 701. The molecule has 0 spiro atoms. The van der Waals surface area contributed by atoms with E-state index >= 15 is 0 Å². The lowest BCUT2D eigenvalue weighted by molar-refractivity contribution is -0.195. The van der Waals surface area contributed by atoms with Gasteiger partial charge in [0.25, 0.3) is 0 Å². The van der Waals surface area contributed by atoms with Crippen LogP contribution in [0.15, 0.2) is 46.9 Å². The van der Waals surface area contributed by atoms with Crippen molar-refractivity contribution in [3.63, 3.8) is 0 Å². The number of aliphatic carboxylic acids is 1. The number of thioether (sulfide) groups is 1. The normalized spacial score (nSPS) is 30.8. The maximum Gasteiger partial charge on any atom is 0.313 e. The molecule has 5 nitrogen and oxygen atoms in total. The molecule has 3 rings (SSSR count). The van der Waals surface area contributed by atoms with Gasteiger partial charge in [0.2, 0.25) is 0 Å². The summed E-state index contributed by atoms with van der Waals surface area (Å²) in [6.45, 7) is 1.96. The quantitative estimate of drug-likeness (QED) is 0.447. The number of benzene rings is 1. The van der Waals surface area contributed by atoms with Crippen molar-refractivity contribution in [3.8, 4) is 0 Å². The maximum atomic E-state index is 12.9. The number of allylic oxidation sites excluding steroid dienone is 1. The van der Waals surface area contributed by atoms with Crippen LogP contribution < -0.4 is 0 Å². The summed E-state index contributed by atoms with van der Waals surface area (Å²) in [5, 5.41) is 10.2. The molecule has 1 saturated carbocycles. The molecule has 0 aliphatic heterocycles. The number of Topliss-reactive ketones (excluding diaryl/α,β-unsaturated/α-hetero) is 1. The standard InChI is InChI=1S/C20H24O5S/c1-13-8-14-9-17(21)16(11-26-15-6-4-3-5-7-15)20(10-13,19(22)23)18(14)25-12-24-2/h3-8,14,16,18H,9-12H2,1-2H3,(H,22,23)/t14-,16+,18+,20-/m0/s1. The highest BCUT2D eigenvalue weighted by Crippen LogP contribution is 2.53. The minimum Gasteiger partial charge on any atom is -0.481 e. The molecule has 6 heteroatoms. The molecule has 0 unspecified atom stereocenters. The lowest BCUT2D eigenvalue weighted by atomic mass is 9.55. The molecule has 1 aromatic rings. The van der Waals surface area contributed by atoms with E-state index in [1.807, 2.05) is 43.3 Å². The highest BCUT2D eigenvalue weighted by molar-refractivity contribution is 7.99. The predicted octanol–water partition coefficient (Wildman–Crippen LogP) is 3.39. The monoisotopic (exact) mass is 376 g/mol. The van der Waals surface area contributed by atoms with Crippen LogP contribution in [0.25, 0.3) is 0 Å². The van der Waals surface area contributed by atoms with Crippen molar-refractivity contribution in [1.29, 1.82) is 0 Å². The third-order valence-corrected chi connectivity index (χ3v) is 6.44. The zero-order valence-corrected chi connectivity index (χ0v) is 15.8. The Kier molecular flexibility index (Phi) is 5.85. The molecular weight excluding hydrogens is 352 g/mol. The van der Waals surface area contributed by atoms with E-state index in [-0.39, 0.29) is 18.5 Å². The molecule has 1 aromatic carbocycles. The SMILES string of the molecule is COCO[C@@H]1[C@H]2C=C(C)C[C@]1(C(=O)O)[C@H](CSc1ccccc1)C(=O)C2. The zero-order valence-electron chi connectivity index (χ0n) is 15.0. The summed E-state index contributed by atoms with van der Waals surface area (Å²) in [5.41, 5.74) is -0.226. The van der Waals surface area contributed by atoms with Crippen LogP contribution in [0.4, 0.5) is 0 Å². The summed E-state index contributed by atoms with van der Waals surface area (Å²) in [6, 6.07) is 9.75. The fourth-order valence-corrected chi connectivity index (χ4v) is 5.50. The Hall–Kier alpha value is -1.63. The minimum atomic E-state index is -1.24. The maximum absolute atomic E-state index is 12.9. The first-order chi connectivity index (χ1) is 12.5. The zero-order chi connectivity index (χ0) is 18.7. The molecular formula is C20H24O5S. The second-order valence-corrected chi connectivity index (χ2v) is 8.13. The van der Waals surface area contributed by atoms with Crippen molar-refractivity contribution < 1.29 is 24.2 Å². The molecule has 0 saturated heterocycles. The number of hydrogen-bond donors (Lipinski definition) is 1. The van der Waals surface area contributed by atoms with E-state index in [1.54, 1.807) is 0 Å². The molecule has 4 atom stereocenters. The number of ether oxygens (including phenoxy) is 2. The highest BCUT2D eigenvalue weighted by atomic mass is 32.2. The van der Waals surface area contributed by atoms with Crippen molar-refractivity contribution in [1.82, 2.24) is 0 Å². The lowest BCUT2D eigenvalue weighted by Crippen LogP contribution is -2.60. The fourth-order valence-electron chi connectivity index (χ4n) is 4.30. The van der Waals surface area contributed by atoms with E-state index < -0.39 is 23.4 Å². The van der Waals surface area contributed by atoms with E-state index in [2.05, 4.69) is 0 Å². The molecule has 0 aromatic heterocycles. The van der Waals surface area contributed by atoms with E-state index in [4.69, 9.17) is 9.47 Å². The number of carboxylic acid groups (broad SMARTS) is 1. The van der Waals surface area contributed by atoms with Gasteiger partial charge in [0.1, 0.15) is 18.0 Å². The second kappa shape index (κ2) is 7.94. The number of ketones is 1. The number of rotatable bonds is 7. The van der Waals surface area contributed by atoms with Crippen LogP contribution >= 0.6 is 11.8 Å². The first kappa shape index (κ1) is 19.1. The molecule has 0 amide bonds. The third-order valence-electron chi connectivity index (χ3n) is 5.34. The molecule has 0 radical (unpaired) electrons. The smallest absolute Gasteiger partial charge is 0.313 e. The van der Waals surface area contributed by atoms with Gasteiger partial charge in [-0.05, 0) is 25.5 Å². The Morgan fingerprint density at radius 1 is 1.35 bits per heavy atom. The Morgan fingerprint density at radius 3 is 2.73 bits per heavy atom. The van der Waals surface area contributed by atoms with Gasteiger partial charge in [0.05, 0.1) is 6.10 Å². The van der Waals surface area contributed by atoms with E-state index in [1.165, 1.54) is 18.9 Å². The van der Waals surface area contributed by atoms with Crippen LogP contribution in [0.2, 0.25) is 0 Å². The van der Waals surface area contributed by atoms with Crippen LogP contribution in [0, 0.1) is 17.3 Å². The first-order valence-electron chi connectivity index (χ1n) is 8.71. The summed E-state index contributed by atoms with van der Waals surface area (Å²) in [6.07, 6.45) is 2.10. The topological polar surface area (TPSA) is 72.8 Å². The number of carbonyl (C=O) groups is 2. The second-order valence-electron chi connectivity index (χ2n) is 7.04. The molecule has 2 aliphatic rings. The molecule has 1 fully saturated rings. The van der Waals surface area contributed by atoms with Crippen LogP contribution in [-0.2, 0) is 19.1 Å². The predicted molar refractivity (Wildman–Crippen MR) is 99.0 cm³/mol. The number of fused-ring (bicyclic) bond motifs is 2. The van der Waals surface area contributed by atoms with Gasteiger partial charge in [0.15, 0.2) is 0 Å². The van der Waals surface area contributed by atoms with Gasteiger partial charge in [0, 0.05) is 36.0 Å². The summed E-state index contributed by atoms with van der Waals surface area (Å²) >= 11 is 1.53. The first-order valence-corrected chi connectivity index (χ1v) is 9.69. The minimum absolute atomic E-state index is 0.0156. The van der Waals surface area contributed by atoms with E-state index in [9.17, 15) is 14.7 Å². The average Bonchev–Trinajstić information content (AvgIpc) is 2.60. The van der Waals surface area contributed by atoms with Crippen molar-refractivity contribution in [3.05, 3.63) is 42.0 Å². The van der Waals surface area contributed by atoms with Gasteiger partial charge in [-0.3, -0.25) is 9.59 Å². The van der Waals surface area contributed by atoms with Crippen LogP contribution in [-0.4, -0.2) is 42.6 Å². The molecule has 0 heterocycles. The Morgan fingerprint density at radius 2 is 2.08 bits per heavy atom. The molecule has 2 bridgehead atoms. The highest BCUT2D eigenvalue weighted by Gasteiger charge is 2.61. The largest absolute Gasteiger partial charge is 0.481 e. The van der Waals surface area contributed by atoms with Crippen molar-refractivity contribution in [2.75, 3.05) is 19.7 Å². The molecule has 26 heavy (non-hydrogen) atoms. The average molecular weight is 376 g/mol. The lowest BCUT2D eigenvalue weighted by Gasteiger charge is -2.51. The van der Waals surface area contributed by atoms with Gasteiger partial charge in [-0.15, -0.1) is 11.8 Å². The Labute approximate surface area is 157 Å². The summed E-state index contributed by atoms with van der Waals surface area (Å²) < 4.78 is 10.9. The molecule has 1 N–H and O–H groups in total. The number of carbonyl (C=O) groups excluding carboxylic acids is 1. The van der Waals surface area contributed by atoms with Crippen LogP contribution in [0.1, 0.15) is 19.8 Å². The number of carboxylic acids is 1. The van der Waals surface area contributed by atoms with Gasteiger partial charge in [-0.1, -0.05) is 29.8 Å².